The molecule has 3 rings (SSSR count). The van der Waals surface area contributed by atoms with Gasteiger partial charge >= 0.3 is 0 Å². The molecule has 1 aliphatic rings. The summed E-state index contributed by atoms with van der Waals surface area (Å²) in [5.74, 6) is 0. The third kappa shape index (κ3) is 4.56. The summed E-state index contributed by atoms with van der Waals surface area (Å²) >= 11 is 0. The molecule has 0 radical (unpaired) electrons. The summed E-state index contributed by atoms with van der Waals surface area (Å²) in [6.07, 6.45) is 3.63. The van der Waals surface area contributed by atoms with Gasteiger partial charge < -0.3 is 15.4 Å². The van der Waals surface area contributed by atoms with Gasteiger partial charge in [-0.15, -0.1) is 0 Å². The molecule has 0 saturated carbocycles. The molecule has 25 heavy (non-hydrogen) atoms. The molecule has 130 valence electrons. The van der Waals surface area contributed by atoms with Gasteiger partial charge in [-0.05, 0) is 37.5 Å². The van der Waals surface area contributed by atoms with Gasteiger partial charge in [0.25, 0.3) is 0 Å². The van der Waals surface area contributed by atoms with E-state index in [1.165, 1.54) is 5.56 Å². The van der Waals surface area contributed by atoms with Crippen LogP contribution in [0, 0.1) is 11.3 Å². The summed E-state index contributed by atoms with van der Waals surface area (Å²) in [6.45, 7) is 4.53. The Morgan fingerprint density at radius 3 is 2.60 bits per heavy atom. The lowest BCUT2D eigenvalue weighted by Crippen LogP contribution is -2.54. The van der Waals surface area contributed by atoms with E-state index in [4.69, 9.17) is 10.00 Å². The predicted molar refractivity (Wildman–Crippen MR) is 98.2 cm³/mol. The summed E-state index contributed by atoms with van der Waals surface area (Å²) in [7, 11) is 0. The lowest BCUT2D eigenvalue weighted by molar-refractivity contribution is 0.0389. The van der Waals surface area contributed by atoms with Crippen molar-refractivity contribution in [3.63, 3.8) is 0 Å². The highest BCUT2D eigenvalue weighted by atomic mass is 16.5. The van der Waals surface area contributed by atoms with E-state index in [0.717, 1.165) is 38.3 Å². The summed E-state index contributed by atoms with van der Waals surface area (Å²) in [4.78, 5) is 4.12. The van der Waals surface area contributed by atoms with Gasteiger partial charge in [0.05, 0.1) is 11.9 Å². The molecular formula is C20H24N4O. The Morgan fingerprint density at radius 1 is 1.20 bits per heavy atom. The number of aromatic nitrogens is 1. The first-order chi connectivity index (χ1) is 12.2. The Hall–Kier alpha value is -2.42. The fraction of sp³-hybridized carbons (Fsp3) is 0.400. The molecule has 1 aromatic heterocycles. The minimum Gasteiger partial charge on any atom is -0.382 e. The number of anilines is 1. The van der Waals surface area contributed by atoms with Crippen molar-refractivity contribution in [3.8, 4) is 6.07 Å². The molecule has 5 nitrogen and oxygen atoms in total. The van der Waals surface area contributed by atoms with E-state index in [9.17, 15) is 0 Å². The van der Waals surface area contributed by atoms with Crippen molar-refractivity contribution in [3.05, 3.63) is 59.9 Å². The van der Waals surface area contributed by atoms with Crippen molar-refractivity contribution in [1.29, 1.82) is 5.26 Å². The van der Waals surface area contributed by atoms with Crippen LogP contribution in [-0.4, -0.2) is 30.3 Å². The van der Waals surface area contributed by atoms with E-state index in [1.807, 2.05) is 18.2 Å². The molecule has 1 saturated heterocycles. The first kappa shape index (κ1) is 17.4. The van der Waals surface area contributed by atoms with Crippen LogP contribution in [0.1, 0.15) is 37.1 Å². The number of benzene rings is 1. The molecule has 1 atom stereocenters. The molecule has 0 unspecified atom stereocenters. The Labute approximate surface area is 149 Å². The molecule has 0 bridgehead atoms. The van der Waals surface area contributed by atoms with Gasteiger partial charge in [-0.25, -0.2) is 4.98 Å². The molecule has 2 aromatic rings. The Kier molecular flexibility index (Phi) is 5.64. The van der Waals surface area contributed by atoms with Crippen molar-refractivity contribution in [2.24, 2.45) is 0 Å². The van der Waals surface area contributed by atoms with Crippen LogP contribution in [0.4, 0.5) is 5.69 Å². The average Bonchev–Trinajstić information content (AvgIpc) is 2.68. The molecule has 5 heteroatoms. The number of nitriles is 1. The second kappa shape index (κ2) is 8.11. The Balaban J connectivity index is 1.68. The molecule has 1 fully saturated rings. The standard InChI is InChI=1S/C20H24N4O/c1-16(17-5-3-2-4-6-17)24-20(9-11-25-12-10-20)15-23-19-8-7-18(13-21)22-14-19/h2-8,14,16,23-24H,9-12,15H2,1H3/t16-/m1/s1. The third-order valence-electron chi connectivity index (χ3n) is 4.78. The summed E-state index contributed by atoms with van der Waals surface area (Å²) in [5.41, 5.74) is 2.62. The normalized spacial score (nSPS) is 17.4. The van der Waals surface area contributed by atoms with E-state index in [-0.39, 0.29) is 11.6 Å². The van der Waals surface area contributed by atoms with Crippen molar-refractivity contribution in [1.82, 2.24) is 10.3 Å². The number of pyridine rings is 1. The van der Waals surface area contributed by atoms with Crippen LogP contribution in [0.25, 0.3) is 0 Å². The van der Waals surface area contributed by atoms with Crippen molar-refractivity contribution in [2.75, 3.05) is 25.1 Å². The van der Waals surface area contributed by atoms with E-state index >= 15 is 0 Å². The largest absolute Gasteiger partial charge is 0.382 e. The summed E-state index contributed by atoms with van der Waals surface area (Å²) in [5, 5.41) is 16.2. The van der Waals surface area contributed by atoms with Gasteiger partial charge in [-0.1, -0.05) is 30.3 Å². The number of hydrogen-bond acceptors (Lipinski definition) is 5. The van der Waals surface area contributed by atoms with Crippen LogP contribution in [0.3, 0.4) is 0 Å². The molecule has 1 aromatic carbocycles. The fourth-order valence-corrected chi connectivity index (χ4v) is 3.25. The van der Waals surface area contributed by atoms with Crippen molar-refractivity contribution in [2.45, 2.75) is 31.3 Å². The van der Waals surface area contributed by atoms with Gasteiger partial charge in [0.2, 0.25) is 0 Å². The highest BCUT2D eigenvalue weighted by molar-refractivity contribution is 5.43. The highest BCUT2D eigenvalue weighted by Crippen LogP contribution is 2.26. The number of rotatable bonds is 6. The van der Waals surface area contributed by atoms with Crippen molar-refractivity contribution < 1.29 is 4.74 Å². The maximum Gasteiger partial charge on any atom is 0.140 e. The van der Waals surface area contributed by atoms with Gasteiger partial charge in [-0.2, -0.15) is 5.26 Å². The zero-order valence-corrected chi connectivity index (χ0v) is 14.5. The van der Waals surface area contributed by atoms with E-state index in [1.54, 1.807) is 12.3 Å². The quantitative estimate of drug-likeness (QED) is 0.847. The number of nitrogens with one attached hydrogen (secondary N) is 2. The summed E-state index contributed by atoms with van der Waals surface area (Å²) in [6, 6.07) is 16.4. The topological polar surface area (TPSA) is 70.0 Å². The van der Waals surface area contributed by atoms with Gasteiger partial charge in [0, 0.05) is 31.3 Å². The first-order valence-electron chi connectivity index (χ1n) is 8.71. The SMILES string of the molecule is C[C@@H](NC1(CNc2ccc(C#N)nc2)CCOCC1)c1ccccc1. The van der Waals surface area contributed by atoms with Crippen LogP contribution >= 0.6 is 0 Å². The zero-order valence-electron chi connectivity index (χ0n) is 14.5. The maximum atomic E-state index is 8.85. The van der Waals surface area contributed by atoms with Crippen LogP contribution < -0.4 is 10.6 Å². The molecular weight excluding hydrogens is 312 g/mol. The maximum absolute atomic E-state index is 8.85. The third-order valence-corrected chi connectivity index (χ3v) is 4.78. The molecule has 0 aliphatic carbocycles. The predicted octanol–water partition coefficient (Wildman–Crippen LogP) is 3.27. The van der Waals surface area contributed by atoms with Gasteiger partial charge in [0.15, 0.2) is 0 Å². The van der Waals surface area contributed by atoms with Crippen LogP contribution in [0.5, 0.6) is 0 Å². The average molecular weight is 336 g/mol. The molecule has 1 aliphatic heterocycles. The van der Waals surface area contributed by atoms with Crippen LogP contribution in [0.15, 0.2) is 48.7 Å². The van der Waals surface area contributed by atoms with Gasteiger partial charge in [-0.3, -0.25) is 0 Å². The van der Waals surface area contributed by atoms with E-state index in [0.29, 0.717) is 5.69 Å². The van der Waals surface area contributed by atoms with Gasteiger partial charge in [0.1, 0.15) is 11.8 Å². The van der Waals surface area contributed by atoms with Crippen molar-refractivity contribution >= 4 is 5.69 Å². The number of nitrogens with zero attached hydrogens (tertiary/aromatic N) is 2. The molecule has 0 spiro atoms. The number of ether oxygens (including phenoxy) is 1. The second-order valence-electron chi connectivity index (χ2n) is 6.57. The van der Waals surface area contributed by atoms with Crippen LogP contribution in [0.2, 0.25) is 0 Å². The molecule has 2 N–H and O–H groups in total. The first-order valence-corrected chi connectivity index (χ1v) is 8.71. The zero-order chi connectivity index (χ0) is 17.5. The minimum atomic E-state index is -0.0264. The lowest BCUT2D eigenvalue weighted by atomic mass is 9.88. The van der Waals surface area contributed by atoms with E-state index in [2.05, 4.69) is 46.8 Å². The number of hydrogen-bond donors (Lipinski definition) is 2. The minimum absolute atomic E-state index is 0.0264. The smallest absolute Gasteiger partial charge is 0.140 e. The highest BCUT2D eigenvalue weighted by Gasteiger charge is 2.33. The van der Waals surface area contributed by atoms with Crippen LogP contribution in [-0.2, 0) is 4.74 Å². The Bertz CT molecular complexity index is 703. The monoisotopic (exact) mass is 336 g/mol. The Morgan fingerprint density at radius 2 is 1.96 bits per heavy atom. The second-order valence-corrected chi connectivity index (χ2v) is 6.57. The summed E-state index contributed by atoms with van der Waals surface area (Å²) < 4.78 is 5.58. The molecule has 0 amide bonds. The van der Waals surface area contributed by atoms with E-state index < -0.39 is 0 Å². The fourth-order valence-electron chi connectivity index (χ4n) is 3.25. The molecule has 2 heterocycles. The lowest BCUT2D eigenvalue weighted by Gasteiger charge is -2.41.